The maximum absolute atomic E-state index is 13.5. The lowest BCUT2D eigenvalue weighted by Crippen LogP contribution is -2.24. The molecule has 0 unspecified atom stereocenters. The molecule has 1 aromatic heterocycles. The van der Waals surface area contributed by atoms with Gasteiger partial charge in [0.15, 0.2) is 0 Å². The number of carbonyl (C=O) groups excluding carboxylic acids is 1. The van der Waals surface area contributed by atoms with Crippen LogP contribution in [-0.2, 0) is 11.3 Å². The van der Waals surface area contributed by atoms with Gasteiger partial charge in [-0.3, -0.25) is 9.89 Å². The summed E-state index contributed by atoms with van der Waals surface area (Å²) in [7, 11) is 1.63. The molecule has 2 rings (SSSR count). The first-order chi connectivity index (χ1) is 9.56. The van der Waals surface area contributed by atoms with Gasteiger partial charge in [-0.25, -0.2) is 9.37 Å². The van der Waals surface area contributed by atoms with E-state index in [-0.39, 0.29) is 11.7 Å². The normalized spacial score (nSPS) is 10.9. The number of aromatic amines is 1. The van der Waals surface area contributed by atoms with Crippen LogP contribution >= 0.6 is 15.9 Å². The summed E-state index contributed by atoms with van der Waals surface area (Å²) in [5.41, 5.74) is 0.348. The van der Waals surface area contributed by atoms with Crippen molar-refractivity contribution >= 4 is 27.9 Å². The molecular weight excluding hydrogens is 327 g/mol. The number of carbonyl (C=O) groups is 1. The minimum absolute atomic E-state index is 0.249. The molecule has 0 saturated carbocycles. The summed E-state index contributed by atoms with van der Waals surface area (Å²) in [6.45, 7) is 0.310. The number of nitrogens with one attached hydrogen (secondary N) is 1. The summed E-state index contributed by atoms with van der Waals surface area (Å²) in [5.74, 6) is -0.0428. The molecule has 20 heavy (non-hydrogen) atoms. The Morgan fingerprint density at radius 3 is 3.05 bits per heavy atom. The number of benzene rings is 1. The van der Waals surface area contributed by atoms with Crippen LogP contribution in [-0.4, -0.2) is 33.0 Å². The maximum atomic E-state index is 13.5. The Hall–Kier alpha value is -2.02. The summed E-state index contributed by atoms with van der Waals surface area (Å²) in [4.78, 5) is 17.3. The Kier molecular flexibility index (Phi) is 4.62. The molecule has 0 aliphatic heterocycles. The number of likely N-dealkylation sites (N-methyl/N-ethyl adjacent to an activating group) is 1. The molecule has 2 aromatic rings. The lowest BCUT2D eigenvalue weighted by atomic mass is 10.2. The molecule has 0 aliphatic rings. The van der Waals surface area contributed by atoms with Crippen molar-refractivity contribution in [1.82, 2.24) is 20.1 Å². The van der Waals surface area contributed by atoms with Gasteiger partial charge in [-0.05, 0) is 24.3 Å². The summed E-state index contributed by atoms with van der Waals surface area (Å²) < 4.78 is 14.3. The van der Waals surface area contributed by atoms with E-state index in [1.54, 1.807) is 19.2 Å². The second-order valence-corrected chi connectivity index (χ2v) is 5.04. The van der Waals surface area contributed by atoms with Gasteiger partial charge in [0.1, 0.15) is 18.0 Å². The summed E-state index contributed by atoms with van der Waals surface area (Å²) >= 11 is 3.26. The van der Waals surface area contributed by atoms with Crippen LogP contribution in [0, 0.1) is 5.82 Å². The van der Waals surface area contributed by atoms with E-state index < -0.39 is 0 Å². The van der Waals surface area contributed by atoms with Crippen LogP contribution in [0.25, 0.3) is 6.08 Å². The number of halogens is 2. The third kappa shape index (κ3) is 3.74. The van der Waals surface area contributed by atoms with Gasteiger partial charge in [0.2, 0.25) is 5.91 Å². The van der Waals surface area contributed by atoms with Crippen molar-refractivity contribution < 1.29 is 9.18 Å². The highest BCUT2D eigenvalue weighted by molar-refractivity contribution is 9.10. The van der Waals surface area contributed by atoms with Gasteiger partial charge < -0.3 is 4.90 Å². The van der Waals surface area contributed by atoms with Gasteiger partial charge >= 0.3 is 0 Å². The van der Waals surface area contributed by atoms with Crippen molar-refractivity contribution in [2.24, 2.45) is 0 Å². The Balaban J connectivity index is 2.03. The quantitative estimate of drug-likeness (QED) is 0.870. The van der Waals surface area contributed by atoms with E-state index in [1.807, 2.05) is 0 Å². The van der Waals surface area contributed by atoms with Gasteiger partial charge in [0.05, 0.1) is 6.54 Å². The fourth-order valence-corrected chi connectivity index (χ4v) is 1.92. The van der Waals surface area contributed by atoms with Crippen LogP contribution in [0.15, 0.2) is 35.1 Å². The van der Waals surface area contributed by atoms with Crippen molar-refractivity contribution in [2.45, 2.75) is 6.54 Å². The molecule has 0 aliphatic carbocycles. The van der Waals surface area contributed by atoms with Crippen LogP contribution < -0.4 is 0 Å². The predicted octanol–water partition coefficient (Wildman–Crippen LogP) is 2.38. The van der Waals surface area contributed by atoms with Crippen LogP contribution in [0.4, 0.5) is 4.39 Å². The van der Waals surface area contributed by atoms with Crippen molar-refractivity contribution in [2.75, 3.05) is 7.05 Å². The van der Waals surface area contributed by atoms with Crippen LogP contribution in [0.1, 0.15) is 11.4 Å². The van der Waals surface area contributed by atoms with Gasteiger partial charge in [-0.2, -0.15) is 5.10 Å². The van der Waals surface area contributed by atoms with Gasteiger partial charge in [-0.1, -0.05) is 15.9 Å². The topological polar surface area (TPSA) is 61.9 Å². The van der Waals surface area contributed by atoms with E-state index in [4.69, 9.17) is 0 Å². The SMILES string of the molecule is CN(Cc1ncn[nH]1)C(=O)C=Cc1cc(Br)ccc1F. The zero-order valence-electron chi connectivity index (χ0n) is 10.7. The minimum Gasteiger partial charge on any atom is -0.335 e. The number of hydrogen-bond donors (Lipinski definition) is 1. The first-order valence-corrected chi connectivity index (χ1v) is 6.58. The Morgan fingerprint density at radius 1 is 1.55 bits per heavy atom. The van der Waals surface area contributed by atoms with Crippen molar-refractivity contribution in [3.8, 4) is 0 Å². The third-order valence-corrected chi connectivity index (χ3v) is 3.08. The molecule has 0 spiro atoms. The molecule has 0 atom stereocenters. The molecule has 0 radical (unpaired) electrons. The van der Waals surface area contributed by atoms with E-state index in [9.17, 15) is 9.18 Å². The summed E-state index contributed by atoms with van der Waals surface area (Å²) in [5, 5.41) is 6.37. The van der Waals surface area contributed by atoms with E-state index in [1.165, 1.54) is 29.4 Å². The molecule has 0 bridgehead atoms. The van der Waals surface area contributed by atoms with E-state index in [0.29, 0.717) is 17.9 Å². The second-order valence-electron chi connectivity index (χ2n) is 4.13. The molecule has 0 fully saturated rings. The predicted molar refractivity (Wildman–Crippen MR) is 76.0 cm³/mol. The van der Waals surface area contributed by atoms with Crippen molar-refractivity contribution in [3.63, 3.8) is 0 Å². The summed E-state index contributed by atoms with van der Waals surface area (Å²) in [6, 6.07) is 4.55. The average Bonchev–Trinajstić information content (AvgIpc) is 2.92. The Labute approximate surface area is 123 Å². The zero-order valence-corrected chi connectivity index (χ0v) is 12.3. The number of rotatable bonds is 4. The Bertz CT molecular complexity index is 627. The van der Waals surface area contributed by atoms with Gasteiger partial charge in [-0.15, -0.1) is 0 Å². The lowest BCUT2D eigenvalue weighted by molar-refractivity contribution is -0.125. The molecule has 5 nitrogen and oxygen atoms in total. The number of amides is 1. The zero-order chi connectivity index (χ0) is 14.5. The van der Waals surface area contributed by atoms with Gasteiger partial charge in [0, 0.05) is 23.2 Å². The minimum atomic E-state index is -0.380. The van der Waals surface area contributed by atoms with E-state index >= 15 is 0 Å². The molecule has 1 N–H and O–H groups in total. The Morgan fingerprint density at radius 2 is 2.35 bits per heavy atom. The number of nitrogens with zero attached hydrogens (tertiary/aromatic N) is 3. The molecule has 1 aromatic carbocycles. The monoisotopic (exact) mass is 338 g/mol. The standard InChI is InChI=1S/C13H12BrFN4O/c1-19(7-12-16-8-17-18-12)13(20)5-2-9-6-10(14)3-4-11(9)15/h2-6,8H,7H2,1H3,(H,16,17,18). The highest BCUT2D eigenvalue weighted by Crippen LogP contribution is 2.16. The molecular formula is C13H12BrFN4O. The molecule has 1 amide bonds. The largest absolute Gasteiger partial charge is 0.335 e. The second kappa shape index (κ2) is 6.42. The van der Waals surface area contributed by atoms with Crippen LogP contribution in [0.2, 0.25) is 0 Å². The fraction of sp³-hybridized carbons (Fsp3) is 0.154. The third-order valence-electron chi connectivity index (χ3n) is 2.59. The number of hydrogen-bond acceptors (Lipinski definition) is 3. The fourth-order valence-electron chi connectivity index (χ4n) is 1.54. The lowest BCUT2D eigenvalue weighted by Gasteiger charge is -2.12. The highest BCUT2D eigenvalue weighted by Gasteiger charge is 2.08. The molecule has 7 heteroatoms. The average molecular weight is 339 g/mol. The van der Waals surface area contributed by atoms with Crippen LogP contribution in [0.3, 0.4) is 0 Å². The number of aromatic nitrogens is 3. The van der Waals surface area contributed by atoms with Crippen molar-refractivity contribution in [3.05, 3.63) is 52.3 Å². The highest BCUT2D eigenvalue weighted by atomic mass is 79.9. The molecule has 1 heterocycles. The number of H-pyrrole nitrogens is 1. The van der Waals surface area contributed by atoms with Crippen LogP contribution in [0.5, 0.6) is 0 Å². The smallest absolute Gasteiger partial charge is 0.246 e. The van der Waals surface area contributed by atoms with Crippen molar-refractivity contribution in [1.29, 1.82) is 0 Å². The summed E-state index contributed by atoms with van der Waals surface area (Å²) in [6.07, 6.45) is 4.14. The molecule has 104 valence electrons. The first-order valence-electron chi connectivity index (χ1n) is 5.79. The first kappa shape index (κ1) is 14.4. The van der Waals surface area contributed by atoms with E-state index in [2.05, 4.69) is 31.1 Å². The van der Waals surface area contributed by atoms with Gasteiger partial charge in [0.25, 0.3) is 0 Å². The maximum Gasteiger partial charge on any atom is 0.246 e. The molecule has 0 saturated heterocycles. The van der Waals surface area contributed by atoms with E-state index in [0.717, 1.165) is 4.47 Å².